The third-order valence-electron chi connectivity index (χ3n) is 3.87. The van der Waals surface area contributed by atoms with Crippen molar-refractivity contribution < 1.29 is 21.6 Å². The fourth-order valence-electron chi connectivity index (χ4n) is 2.47. The summed E-state index contributed by atoms with van der Waals surface area (Å²) in [4.78, 5) is 12.5. The SMILES string of the molecule is NS(=O)(=O)c1ccc(NC(=O)c2cccc(NS(=O)(=O)c3ccccc3)c2)cc1. The number of sulfonamides is 2. The van der Waals surface area contributed by atoms with Gasteiger partial charge in [-0.05, 0) is 54.6 Å². The Balaban J connectivity index is 1.76. The first-order chi connectivity index (χ1) is 13.6. The van der Waals surface area contributed by atoms with E-state index in [0.29, 0.717) is 5.69 Å². The van der Waals surface area contributed by atoms with Gasteiger partial charge in [0.05, 0.1) is 9.79 Å². The van der Waals surface area contributed by atoms with Crippen LogP contribution in [0.25, 0.3) is 0 Å². The van der Waals surface area contributed by atoms with Crippen molar-refractivity contribution in [3.63, 3.8) is 0 Å². The lowest BCUT2D eigenvalue weighted by Gasteiger charge is -2.10. The number of primary sulfonamides is 1. The number of benzene rings is 3. The molecule has 0 radical (unpaired) electrons. The Labute approximate surface area is 168 Å². The number of anilines is 2. The number of amides is 1. The largest absolute Gasteiger partial charge is 0.322 e. The van der Waals surface area contributed by atoms with Crippen LogP contribution in [0.5, 0.6) is 0 Å². The first-order valence-electron chi connectivity index (χ1n) is 8.27. The van der Waals surface area contributed by atoms with Crippen LogP contribution in [0, 0.1) is 0 Å². The molecular weight excluding hydrogens is 414 g/mol. The van der Waals surface area contributed by atoms with E-state index in [1.54, 1.807) is 24.3 Å². The van der Waals surface area contributed by atoms with Gasteiger partial charge in [0.15, 0.2) is 0 Å². The van der Waals surface area contributed by atoms with Gasteiger partial charge in [-0.15, -0.1) is 0 Å². The van der Waals surface area contributed by atoms with Crippen LogP contribution < -0.4 is 15.2 Å². The van der Waals surface area contributed by atoms with Crippen LogP contribution in [0.4, 0.5) is 11.4 Å². The molecule has 0 unspecified atom stereocenters. The minimum absolute atomic E-state index is 0.0761. The second-order valence-corrected chi connectivity index (χ2v) is 9.27. The number of carbonyl (C=O) groups is 1. The molecule has 150 valence electrons. The second-order valence-electron chi connectivity index (χ2n) is 6.02. The van der Waals surface area contributed by atoms with Crippen molar-refractivity contribution in [3.8, 4) is 0 Å². The van der Waals surface area contributed by atoms with Crippen LogP contribution in [-0.4, -0.2) is 22.7 Å². The Hall–Kier alpha value is -3.21. The van der Waals surface area contributed by atoms with E-state index in [1.165, 1.54) is 54.6 Å². The Kier molecular flexibility index (Phi) is 5.69. The van der Waals surface area contributed by atoms with Crippen molar-refractivity contribution in [1.29, 1.82) is 0 Å². The Morgan fingerprint density at radius 2 is 1.38 bits per heavy atom. The standard InChI is InChI=1S/C19H17N3O5S2/c20-28(24,25)17-11-9-15(10-12-17)21-19(23)14-5-4-6-16(13-14)22-29(26,27)18-7-2-1-3-8-18/h1-13,22H,(H,21,23)(H2,20,24,25). The van der Waals surface area contributed by atoms with E-state index in [9.17, 15) is 21.6 Å². The first kappa shape index (κ1) is 20.5. The van der Waals surface area contributed by atoms with Gasteiger partial charge in [-0.2, -0.15) is 0 Å². The molecule has 0 atom stereocenters. The Morgan fingerprint density at radius 3 is 2.00 bits per heavy atom. The van der Waals surface area contributed by atoms with E-state index in [1.807, 2.05) is 0 Å². The molecule has 0 aromatic heterocycles. The molecule has 8 nitrogen and oxygen atoms in total. The van der Waals surface area contributed by atoms with Crippen LogP contribution in [0.2, 0.25) is 0 Å². The summed E-state index contributed by atoms with van der Waals surface area (Å²) in [7, 11) is -7.61. The van der Waals surface area contributed by atoms with E-state index in [0.717, 1.165) is 0 Å². The van der Waals surface area contributed by atoms with Crippen molar-refractivity contribution in [2.45, 2.75) is 9.79 Å². The van der Waals surface area contributed by atoms with Crippen LogP contribution in [0.15, 0.2) is 88.7 Å². The minimum atomic E-state index is -3.82. The number of nitrogens with two attached hydrogens (primary N) is 1. The minimum Gasteiger partial charge on any atom is -0.322 e. The molecule has 0 fully saturated rings. The first-order valence-corrected chi connectivity index (χ1v) is 11.3. The molecule has 0 saturated heterocycles. The highest BCUT2D eigenvalue weighted by molar-refractivity contribution is 7.92. The third-order valence-corrected chi connectivity index (χ3v) is 6.20. The maximum atomic E-state index is 12.5. The third kappa shape index (κ3) is 5.19. The summed E-state index contributed by atoms with van der Waals surface area (Å²) < 4.78 is 49.8. The normalized spacial score (nSPS) is 11.6. The predicted octanol–water partition coefficient (Wildman–Crippen LogP) is 2.39. The lowest BCUT2D eigenvalue weighted by molar-refractivity contribution is 0.102. The van der Waals surface area contributed by atoms with Gasteiger partial charge in [0.25, 0.3) is 15.9 Å². The topological polar surface area (TPSA) is 135 Å². The van der Waals surface area contributed by atoms with E-state index in [2.05, 4.69) is 10.0 Å². The summed E-state index contributed by atoms with van der Waals surface area (Å²) in [6, 6.07) is 19.2. The molecule has 0 aliphatic heterocycles. The monoisotopic (exact) mass is 431 g/mol. The van der Waals surface area contributed by atoms with Crippen molar-refractivity contribution in [2.75, 3.05) is 10.0 Å². The van der Waals surface area contributed by atoms with E-state index < -0.39 is 26.0 Å². The van der Waals surface area contributed by atoms with E-state index in [-0.39, 0.29) is 21.0 Å². The van der Waals surface area contributed by atoms with E-state index in [4.69, 9.17) is 5.14 Å². The molecule has 1 amide bonds. The van der Waals surface area contributed by atoms with Gasteiger partial charge in [-0.25, -0.2) is 22.0 Å². The fourth-order valence-corrected chi connectivity index (χ4v) is 4.05. The van der Waals surface area contributed by atoms with Crippen LogP contribution in [0.3, 0.4) is 0 Å². The molecule has 3 aromatic carbocycles. The number of carbonyl (C=O) groups excluding carboxylic acids is 1. The number of rotatable bonds is 6. The summed E-state index contributed by atoms with van der Waals surface area (Å²) in [6.45, 7) is 0. The molecular formula is C19H17N3O5S2. The van der Waals surface area contributed by atoms with Gasteiger partial charge >= 0.3 is 0 Å². The molecule has 4 N–H and O–H groups in total. The fraction of sp³-hybridized carbons (Fsp3) is 0. The Morgan fingerprint density at radius 1 is 0.724 bits per heavy atom. The van der Waals surface area contributed by atoms with Crippen molar-refractivity contribution in [3.05, 3.63) is 84.4 Å². The summed E-state index contributed by atoms with van der Waals surface area (Å²) in [6.07, 6.45) is 0. The molecule has 3 rings (SSSR count). The zero-order chi connectivity index (χ0) is 21.1. The molecule has 0 bridgehead atoms. The van der Waals surface area contributed by atoms with E-state index >= 15 is 0 Å². The number of nitrogens with one attached hydrogen (secondary N) is 2. The predicted molar refractivity (Wildman–Crippen MR) is 109 cm³/mol. The van der Waals surface area contributed by atoms with Crippen LogP contribution in [-0.2, 0) is 20.0 Å². The van der Waals surface area contributed by atoms with Gasteiger partial charge in [0, 0.05) is 16.9 Å². The molecule has 0 saturated carbocycles. The highest BCUT2D eigenvalue weighted by atomic mass is 32.2. The molecule has 29 heavy (non-hydrogen) atoms. The van der Waals surface area contributed by atoms with Crippen molar-refractivity contribution >= 4 is 37.3 Å². The number of hydrogen-bond acceptors (Lipinski definition) is 5. The summed E-state index contributed by atoms with van der Waals surface area (Å²) in [5, 5.41) is 7.64. The zero-order valence-electron chi connectivity index (χ0n) is 14.9. The summed E-state index contributed by atoms with van der Waals surface area (Å²) in [5.74, 6) is -0.492. The van der Waals surface area contributed by atoms with Gasteiger partial charge in [-0.1, -0.05) is 24.3 Å². The van der Waals surface area contributed by atoms with Crippen LogP contribution in [0.1, 0.15) is 10.4 Å². The van der Waals surface area contributed by atoms with Gasteiger partial charge in [0.2, 0.25) is 10.0 Å². The average molecular weight is 431 g/mol. The lowest BCUT2D eigenvalue weighted by atomic mass is 10.2. The zero-order valence-corrected chi connectivity index (χ0v) is 16.6. The van der Waals surface area contributed by atoms with Crippen LogP contribution >= 0.6 is 0 Å². The number of hydrogen-bond donors (Lipinski definition) is 3. The summed E-state index contributed by atoms with van der Waals surface area (Å²) in [5.41, 5.74) is 0.803. The van der Waals surface area contributed by atoms with Crippen molar-refractivity contribution in [2.24, 2.45) is 5.14 Å². The van der Waals surface area contributed by atoms with Crippen molar-refractivity contribution in [1.82, 2.24) is 0 Å². The smallest absolute Gasteiger partial charge is 0.261 e. The maximum Gasteiger partial charge on any atom is 0.261 e. The summed E-state index contributed by atoms with van der Waals surface area (Å²) >= 11 is 0. The highest BCUT2D eigenvalue weighted by Gasteiger charge is 2.15. The van der Waals surface area contributed by atoms with Gasteiger partial charge in [0.1, 0.15) is 0 Å². The molecule has 10 heteroatoms. The maximum absolute atomic E-state index is 12.5. The molecule has 0 spiro atoms. The lowest BCUT2D eigenvalue weighted by Crippen LogP contribution is -2.15. The molecule has 0 aliphatic rings. The molecule has 0 heterocycles. The van der Waals surface area contributed by atoms with Gasteiger partial charge < -0.3 is 5.32 Å². The quantitative estimate of drug-likeness (QED) is 0.551. The van der Waals surface area contributed by atoms with Gasteiger partial charge in [-0.3, -0.25) is 9.52 Å². The molecule has 0 aliphatic carbocycles. The second kappa shape index (κ2) is 8.03. The highest BCUT2D eigenvalue weighted by Crippen LogP contribution is 2.19. The average Bonchev–Trinajstić information content (AvgIpc) is 2.68. The molecule has 3 aromatic rings. The Bertz CT molecular complexity index is 1240.